The number of pyridine rings is 2. The molecule has 0 radical (unpaired) electrons. The average molecular weight is 615 g/mol. The van der Waals surface area contributed by atoms with Gasteiger partial charge in [0, 0.05) is 91.9 Å². The van der Waals surface area contributed by atoms with Gasteiger partial charge in [0.05, 0.1) is 36.6 Å². The summed E-state index contributed by atoms with van der Waals surface area (Å²) in [6, 6.07) is 12.5. The Balaban J connectivity index is 1.66. The van der Waals surface area contributed by atoms with Crippen LogP contribution in [0.2, 0.25) is 0 Å². The van der Waals surface area contributed by atoms with Crippen molar-refractivity contribution < 1.29 is 19.1 Å². The molecular weight excluding hydrogens is 568 g/mol. The van der Waals surface area contributed by atoms with Gasteiger partial charge in [-0.2, -0.15) is 0 Å². The fourth-order valence-corrected chi connectivity index (χ4v) is 5.71. The van der Waals surface area contributed by atoms with E-state index in [1.165, 1.54) is 13.8 Å². The molecule has 0 saturated carbocycles. The summed E-state index contributed by atoms with van der Waals surface area (Å²) in [5, 5.41) is 15.0. The third-order valence-corrected chi connectivity index (χ3v) is 7.89. The molecule has 2 unspecified atom stereocenters. The van der Waals surface area contributed by atoms with Crippen molar-refractivity contribution in [2.75, 3.05) is 37.9 Å². The van der Waals surface area contributed by atoms with Gasteiger partial charge in [-0.15, -0.1) is 0 Å². The van der Waals surface area contributed by atoms with Gasteiger partial charge in [0.25, 0.3) is 0 Å². The summed E-state index contributed by atoms with van der Waals surface area (Å²) in [6.07, 6.45) is 7.69. The molecule has 10 nitrogen and oxygen atoms in total. The Morgan fingerprint density at radius 1 is 0.733 bits per heavy atom. The Morgan fingerprint density at radius 3 is 1.53 bits per heavy atom. The van der Waals surface area contributed by atoms with Gasteiger partial charge in [-0.05, 0) is 51.7 Å². The summed E-state index contributed by atoms with van der Waals surface area (Å²) in [5.41, 5.74) is 5.58. The van der Waals surface area contributed by atoms with Crippen LogP contribution >= 0.6 is 0 Å². The van der Waals surface area contributed by atoms with Crippen LogP contribution in [0.3, 0.4) is 0 Å². The lowest BCUT2D eigenvalue weighted by Gasteiger charge is -2.22. The van der Waals surface area contributed by atoms with Crippen LogP contribution in [0.25, 0.3) is 21.8 Å². The highest BCUT2D eigenvalue weighted by atomic mass is 16.5. The summed E-state index contributed by atoms with van der Waals surface area (Å²) >= 11 is 0. The van der Waals surface area contributed by atoms with Crippen molar-refractivity contribution in [2.24, 2.45) is 0 Å². The number of ether oxygens (including phenoxy) is 2. The lowest BCUT2D eigenvalue weighted by molar-refractivity contribution is -0.119. The van der Waals surface area contributed by atoms with Crippen molar-refractivity contribution in [3.63, 3.8) is 0 Å². The number of nitrogens with one attached hydrogen (secondary N) is 4. The highest BCUT2D eigenvalue weighted by Crippen LogP contribution is 2.40. The predicted octanol–water partition coefficient (Wildman–Crippen LogP) is 5.82. The number of anilines is 2. The van der Waals surface area contributed by atoms with Crippen LogP contribution < -0.4 is 30.7 Å². The topological polar surface area (TPSA) is 127 Å². The molecule has 0 aliphatic rings. The van der Waals surface area contributed by atoms with Gasteiger partial charge in [0.1, 0.15) is 11.5 Å². The van der Waals surface area contributed by atoms with Crippen LogP contribution in [0.1, 0.15) is 64.5 Å². The highest BCUT2D eigenvalue weighted by molar-refractivity contribution is 5.98. The van der Waals surface area contributed by atoms with E-state index in [0.29, 0.717) is 19.5 Å². The molecule has 4 aromatic rings. The number of methoxy groups -OCH3 is 2. The lowest BCUT2D eigenvalue weighted by atomic mass is 9.94. The summed E-state index contributed by atoms with van der Waals surface area (Å²) < 4.78 is 12.0. The number of hydrogen-bond donors (Lipinski definition) is 4. The Kier molecular flexibility index (Phi) is 11.8. The third-order valence-electron chi connectivity index (χ3n) is 7.89. The summed E-state index contributed by atoms with van der Waals surface area (Å²) in [4.78, 5) is 32.0. The molecule has 4 N–H and O–H groups in total. The quantitative estimate of drug-likeness (QED) is 0.116. The molecule has 2 aromatic heterocycles. The first-order valence-electron chi connectivity index (χ1n) is 15.6. The second kappa shape index (κ2) is 15.9. The number of amides is 2. The molecule has 0 spiro atoms. The first kappa shape index (κ1) is 33.3. The maximum Gasteiger partial charge on any atom is 0.216 e. The highest BCUT2D eigenvalue weighted by Gasteiger charge is 2.21. The van der Waals surface area contributed by atoms with Gasteiger partial charge >= 0.3 is 0 Å². The van der Waals surface area contributed by atoms with E-state index in [-0.39, 0.29) is 23.9 Å². The zero-order valence-corrected chi connectivity index (χ0v) is 27.3. The van der Waals surface area contributed by atoms with E-state index in [1.807, 2.05) is 36.7 Å². The first-order chi connectivity index (χ1) is 21.7. The maximum atomic E-state index is 11.2. The van der Waals surface area contributed by atoms with Crippen molar-refractivity contribution in [1.82, 2.24) is 20.6 Å². The SMILES string of the molecule is COc1cc(NC(C)CCCNC(C)=O)c2ncccc2c1Cc1c(OC)cc(NC(C)CCCNC(C)=O)c2ncccc12. The van der Waals surface area contributed by atoms with Crippen molar-refractivity contribution in [3.05, 3.63) is 59.9 Å². The van der Waals surface area contributed by atoms with E-state index in [0.717, 1.165) is 81.5 Å². The van der Waals surface area contributed by atoms with E-state index in [9.17, 15) is 9.59 Å². The summed E-state index contributed by atoms with van der Waals surface area (Å²) in [5.74, 6) is 1.50. The summed E-state index contributed by atoms with van der Waals surface area (Å²) in [6.45, 7) is 8.64. The molecule has 2 aromatic carbocycles. The van der Waals surface area contributed by atoms with Gasteiger partial charge in [0.2, 0.25) is 11.8 Å². The molecular formula is C35H46N6O4. The molecule has 2 heterocycles. The molecule has 0 fully saturated rings. The molecule has 0 aliphatic heterocycles. The number of rotatable bonds is 16. The van der Waals surface area contributed by atoms with Crippen molar-refractivity contribution in [3.8, 4) is 11.5 Å². The maximum absolute atomic E-state index is 11.2. The Labute approximate surface area is 265 Å². The fourth-order valence-electron chi connectivity index (χ4n) is 5.71. The molecule has 4 rings (SSSR count). The van der Waals surface area contributed by atoms with E-state index in [2.05, 4.69) is 47.2 Å². The number of nitrogens with zero attached hydrogens (tertiary/aromatic N) is 2. The molecule has 2 amide bonds. The van der Waals surface area contributed by atoms with Crippen LogP contribution in [-0.2, 0) is 16.0 Å². The van der Waals surface area contributed by atoms with Crippen LogP contribution in [0.5, 0.6) is 11.5 Å². The minimum absolute atomic E-state index is 0.0120. The summed E-state index contributed by atoms with van der Waals surface area (Å²) in [7, 11) is 3.39. The van der Waals surface area contributed by atoms with Crippen LogP contribution in [-0.4, -0.2) is 61.2 Å². The van der Waals surface area contributed by atoms with E-state index in [1.54, 1.807) is 14.2 Å². The minimum Gasteiger partial charge on any atom is -0.496 e. The molecule has 0 bridgehead atoms. The number of carbonyl (C=O) groups is 2. The zero-order chi connectivity index (χ0) is 32.3. The van der Waals surface area contributed by atoms with Gasteiger partial charge in [-0.3, -0.25) is 19.6 Å². The monoisotopic (exact) mass is 614 g/mol. The fraction of sp³-hybridized carbons (Fsp3) is 0.429. The second-order valence-electron chi connectivity index (χ2n) is 11.5. The minimum atomic E-state index is -0.0120. The van der Waals surface area contributed by atoms with E-state index >= 15 is 0 Å². The Bertz CT molecular complexity index is 1510. The second-order valence-corrected chi connectivity index (χ2v) is 11.5. The number of carbonyl (C=O) groups excluding carboxylic acids is 2. The number of benzene rings is 2. The number of hydrogen-bond acceptors (Lipinski definition) is 8. The van der Waals surface area contributed by atoms with Crippen LogP contribution in [0.4, 0.5) is 11.4 Å². The van der Waals surface area contributed by atoms with Gasteiger partial charge < -0.3 is 30.7 Å². The van der Waals surface area contributed by atoms with Gasteiger partial charge in [-0.25, -0.2) is 0 Å². The first-order valence-corrected chi connectivity index (χ1v) is 15.6. The zero-order valence-electron chi connectivity index (χ0n) is 27.3. The van der Waals surface area contributed by atoms with Crippen LogP contribution in [0.15, 0.2) is 48.8 Å². The predicted molar refractivity (Wildman–Crippen MR) is 181 cm³/mol. The van der Waals surface area contributed by atoms with Crippen LogP contribution in [0, 0.1) is 0 Å². The van der Waals surface area contributed by atoms with Gasteiger partial charge in [0.15, 0.2) is 0 Å². The van der Waals surface area contributed by atoms with E-state index < -0.39 is 0 Å². The van der Waals surface area contributed by atoms with Crippen molar-refractivity contribution in [2.45, 2.75) is 71.9 Å². The molecule has 45 heavy (non-hydrogen) atoms. The van der Waals surface area contributed by atoms with Crippen molar-refractivity contribution >= 4 is 45.0 Å². The van der Waals surface area contributed by atoms with Gasteiger partial charge in [-0.1, -0.05) is 12.1 Å². The number of fused-ring (bicyclic) bond motifs is 2. The average Bonchev–Trinajstić information content (AvgIpc) is 3.03. The standard InChI is InChI=1S/C35H46N6O4/c1-22(11-7-15-36-24(3)42)40-30-20-32(44-5)28(26-13-9-17-38-34(26)30)19-29-27-14-10-18-39-35(27)31(21-33(29)45-6)41-23(2)12-8-16-37-25(4)43/h9-10,13-14,17-18,20-23,40-41H,7-8,11-12,15-16,19H2,1-6H3,(H,36,42)(H,37,43). The molecule has 2 atom stereocenters. The molecule has 240 valence electrons. The normalized spacial score (nSPS) is 12.4. The molecule has 0 aliphatic carbocycles. The van der Waals surface area contributed by atoms with Crippen molar-refractivity contribution in [1.29, 1.82) is 0 Å². The molecule has 0 saturated heterocycles. The van der Waals surface area contributed by atoms with E-state index in [4.69, 9.17) is 19.4 Å². The Morgan fingerprint density at radius 2 is 1.16 bits per heavy atom. The smallest absolute Gasteiger partial charge is 0.216 e. The third kappa shape index (κ3) is 8.74. The number of aromatic nitrogens is 2. The largest absolute Gasteiger partial charge is 0.496 e. The Hall–Kier alpha value is -4.60. The molecule has 10 heteroatoms. The lowest BCUT2D eigenvalue weighted by Crippen LogP contribution is -2.23.